The van der Waals surface area contributed by atoms with Gasteiger partial charge in [0.2, 0.25) is 0 Å². The fraction of sp³-hybridized carbons (Fsp3) is 0.533. The number of thiol groups is 1. The Morgan fingerprint density at radius 1 is 1.35 bits per heavy atom. The van der Waals surface area contributed by atoms with Gasteiger partial charge in [-0.15, -0.1) is 0 Å². The van der Waals surface area contributed by atoms with Crippen molar-refractivity contribution in [3.63, 3.8) is 0 Å². The van der Waals surface area contributed by atoms with Crippen LogP contribution in [-0.2, 0) is 11.2 Å². The van der Waals surface area contributed by atoms with Crippen LogP contribution >= 0.6 is 12.6 Å². The predicted octanol–water partition coefficient (Wildman–Crippen LogP) is 3.90. The Bertz CT molecular complexity index is 455. The average molecular weight is 297 g/mol. The van der Waals surface area contributed by atoms with Crippen LogP contribution in [0, 0.1) is 0 Å². The lowest BCUT2D eigenvalue weighted by molar-refractivity contribution is 0.0635. The van der Waals surface area contributed by atoms with Crippen LogP contribution in [0.2, 0.25) is 0 Å². The van der Waals surface area contributed by atoms with Crippen molar-refractivity contribution in [3.8, 4) is 5.75 Å². The van der Waals surface area contributed by atoms with E-state index in [1.54, 1.807) is 7.11 Å². The summed E-state index contributed by atoms with van der Waals surface area (Å²) in [6.07, 6.45) is 1.46. The first kappa shape index (κ1) is 16.7. The Kier molecular flexibility index (Phi) is 6.20. The van der Waals surface area contributed by atoms with Crippen LogP contribution in [0.25, 0.3) is 0 Å². The zero-order valence-corrected chi connectivity index (χ0v) is 13.4. The molecule has 0 bridgehead atoms. The minimum absolute atomic E-state index is 0.487. The Morgan fingerprint density at radius 2 is 2.05 bits per heavy atom. The molecule has 0 spiro atoms. The average Bonchev–Trinajstić information content (AvgIpc) is 2.35. The number of hydrogen-bond acceptors (Lipinski definition) is 4. The van der Waals surface area contributed by atoms with E-state index >= 15 is 0 Å². The van der Waals surface area contributed by atoms with Crippen molar-refractivity contribution in [3.05, 3.63) is 23.8 Å². The second-order valence-corrected chi connectivity index (χ2v) is 5.94. The van der Waals surface area contributed by atoms with Gasteiger partial charge in [-0.3, -0.25) is 5.32 Å². The molecular formula is C15H23NO3S. The molecule has 1 aromatic rings. The molecular weight excluding hydrogens is 274 g/mol. The Hall–Kier alpha value is -1.36. The molecule has 0 atom stereocenters. The number of carbonyl (C=O) groups is 1. The Balaban J connectivity index is 2.77. The quantitative estimate of drug-likeness (QED) is 0.810. The van der Waals surface area contributed by atoms with Gasteiger partial charge in [0.1, 0.15) is 11.4 Å². The van der Waals surface area contributed by atoms with E-state index in [0.717, 1.165) is 24.2 Å². The first-order chi connectivity index (χ1) is 9.35. The van der Waals surface area contributed by atoms with Gasteiger partial charge in [0, 0.05) is 0 Å². The fourth-order valence-electron chi connectivity index (χ4n) is 1.69. The highest BCUT2D eigenvalue weighted by atomic mass is 32.1. The molecule has 0 aliphatic heterocycles. The van der Waals surface area contributed by atoms with E-state index in [-0.39, 0.29) is 0 Å². The van der Waals surface area contributed by atoms with E-state index in [1.165, 1.54) is 0 Å². The molecule has 0 radical (unpaired) electrons. The first-order valence-electron chi connectivity index (χ1n) is 6.63. The van der Waals surface area contributed by atoms with Crippen molar-refractivity contribution in [2.24, 2.45) is 0 Å². The van der Waals surface area contributed by atoms with Crippen molar-refractivity contribution >= 4 is 24.4 Å². The number of carbonyl (C=O) groups excluding carboxylic acids is 1. The lowest BCUT2D eigenvalue weighted by atomic mass is 10.1. The standard InChI is InChI=1S/C15H23NO3S/c1-15(2,3)19-14(17)16-12-8-7-11(6-5-9-20)10-13(12)18-4/h7-8,10,20H,5-6,9H2,1-4H3,(H,16,17). The summed E-state index contributed by atoms with van der Waals surface area (Å²) in [5.41, 5.74) is 1.24. The number of ether oxygens (including phenoxy) is 2. The molecule has 20 heavy (non-hydrogen) atoms. The van der Waals surface area contributed by atoms with Crippen LogP contribution in [0.5, 0.6) is 5.75 Å². The number of methoxy groups -OCH3 is 1. The maximum Gasteiger partial charge on any atom is 0.412 e. The number of benzene rings is 1. The lowest BCUT2D eigenvalue weighted by Gasteiger charge is -2.20. The summed E-state index contributed by atoms with van der Waals surface area (Å²) in [5, 5.41) is 2.70. The molecule has 0 saturated carbocycles. The molecule has 0 aliphatic rings. The van der Waals surface area contributed by atoms with Crippen molar-refractivity contribution in [2.75, 3.05) is 18.2 Å². The van der Waals surface area contributed by atoms with Gasteiger partial charge in [-0.05, 0) is 57.1 Å². The lowest BCUT2D eigenvalue weighted by Crippen LogP contribution is -2.27. The molecule has 0 aromatic heterocycles. The SMILES string of the molecule is COc1cc(CCCS)ccc1NC(=O)OC(C)(C)C. The first-order valence-corrected chi connectivity index (χ1v) is 7.27. The summed E-state index contributed by atoms with van der Waals surface area (Å²) in [7, 11) is 1.58. The third-order valence-corrected chi connectivity index (χ3v) is 2.84. The molecule has 1 N–H and O–H groups in total. The van der Waals surface area contributed by atoms with E-state index in [1.807, 2.05) is 39.0 Å². The summed E-state index contributed by atoms with van der Waals surface area (Å²) >= 11 is 4.20. The van der Waals surface area contributed by atoms with Gasteiger partial charge < -0.3 is 9.47 Å². The number of anilines is 1. The molecule has 0 heterocycles. The van der Waals surface area contributed by atoms with Crippen LogP contribution in [0.3, 0.4) is 0 Å². The van der Waals surface area contributed by atoms with Crippen molar-refractivity contribution < 1.29 is 14.3 Å². The van der Waals surface area contributed by atoms with Gasteiger partial charge >= 0.3 is 6.09 Å². The van der Waals surface area contributed by atoms with Crippen LogP contribution in [0.4, 0.5) is 10.5 Å². The van der Waals surface area contributed by atoms with Gasteiger partial charge in [-0.2, -0.15) is 12.6 Å². The predicted molar refractivity (Wildman–Crippen MR) is 85.0 cm³/mol. The highest BCUT2D eigenvalue weighted by Gasteiger charge is 2.17. The number of nitrogens with one attached hydrogen (secondary N) is 1. The number of hydrogen-bond donors (Lipinski definition) is 2. The molecule has 1 aromatic carbocycles. The minimum atomic E-state index is -0.524. The Morgan fingerprint density at radius 3 is 2.60 bits per heavy atom. The van der Waals surface area contributed by atoms with Gasteiger partial charge in [0.05, 0.1) is 12.8 Å². The Labute approximate surface area is 126 Å². The number of rotatable bonds is 5. The zero-order valence-electron chi connectivity index (χ0n) is 12.5. The highest BCUT2D eigenvalue weighted by molar-refractivity contribution is 7.80. The van der Waals surface area contributed by atoms with E-state index in [4.69, 9.17) is 9.47 Å². The smallest absolute Gasteiger partial charge is 0.412 e. The van der Waals surface area contributed by atoms with Gasteiger partial charge in [0.25, 0.3) is 0 Å². The van der Waals surface area contributed by atoms with Crippen molar-refractivity contribution in [2.45, 2.75) is 39.2 Å². The summed E-state index contributed by atoms with van der Waals surface area (Å²) in [5.74, 6) is 1.48. The molecule has 1 rings (SSSR count). The molecule has 0 unspecified atom stereocenters. The van der Waals surface area contributed by atoms with E-state index in [0.29, 0.717) is 11.4 Å². The van der Waals surface area contributed by atoms with Crippen molar-refractivity contribution in [1.29, 1.82) is 0 Å². The third kappa shape index (κ3) is 5.74. The molecule has 5 heteroatoms. The zero-order chi connectivity index (χ0) is 15.2. The van der Waals surface area contributed by atoms with Crippen LogP contribution < -0.4 is 10.1 Å². The molecule has 1 amide bonds. The largest absolute Gasteiger partial charge is 0.495 e. The molecule has 112 valence electrons. The van der Waals surface area contributed by atoms with E-state index in [9.17, 15) is 4.79 Å². The summed E-state index contributed by atoms with van der Waals surface area (Å²) in [6, 6.07) is 5.73. The number of aryl methyl sites for hydroxylation is 1. The van der Waals surface area contributed by atoms with E-state index in [2.05, 4.69) is 17.9 Å². The van der Waals surface area contributed by atoms with Crippen molar-refractivity contribution in [1.82, 2.24) is 0 Å². The van der Waals surface area contributed by atoms with Crippen LogP contribution in [0.15, 0.2) is 18.2 Å². The van der Waals surface area contributed by atoms with Crippen LogP contribution in [-0.4, -0.2) is 24.6 Å². The molecule has 4 nitrogen and oxygen atoms in total. The topological polar surface area (TPSA) is 47.6 Å². The minimum Gasteiger partial charge on any atom is -0.495 e. The number of amides is 1. The second-order valence-electron chi connectivity index (χ2n) is 5.49. The fourth-order valence-corrected chi connectivity index (χ4v) is 1.85. The molecule has 0 saturated heterocycles. The maximum atomic E-state index is 11.8. The highest BCUT2D eigenvalue weighted by Crippen LogP contribution is 2.26. The summed E-state index contributed by atoms with van der Waals surface area (Å²) in [4.78, 5) is 11.8. The summed E-state index contributed by atoms with van der Waals surface area (Å²) < 4.78 is 10.5. The normalized spacial score (nSPS) is 11.1. The maximum absolute atomic E-state index is 11.8. The van der Waals surface area contributed by atoms with Gasteiger partial charge in [-0.1, -0.05) is 6.07 Å². The monoisotopic (exact) mass is 297 g/mol. The van der Waals surface area contributed by atoms with Gasteiger partial charge in [0.15, 0.2) is 0 Å². The van der Waals surface area contributed by atoms with Gasteiger partial charge in [-0.25, -0.2) is 4.79 Å². The van der Waals surface area contributed by atoms with E-state index < -0.39 is 11.7 Å². The second kappa shape index (κ2) is 7.43. The van der Waals surface area contributed by atoms with Crippen LogP contribution in [0.1, 0.15) is 32.8 Å². The molecule has 0 aliphatic carbocycles. The summed E-state index contributed by atoms with van der Waals surface area (Å²) in [6.45, 7) is 5.47. The molecule has 0 fully saturated rings. The third-order valence-electron chi connectivity index (χ3n) is 2.53.